The number of halogens is 2. The summed E-state index contributed by atoms with van der Waals surface area (Å²) in [6.07, 6.45) is 0. The molecule has 0 aliphatic heterocycles. The maximum absolute atomic E-state index is 12.3. The maximum atomic E-state index is 12.3. The number of nitrogen functional groups attached to an aromatic ring is 1. The molecule has 0 aliphatic rings. The number of carbonyl (C=O) groups is 1. The minimum atomic E-state index is -0.264. The summed E-state index contributed by atoms with van der Waals surface area (Å²) >= 11 is 8.06. The Morgan fingerprint density at radius 1 is 1.48 bits per heavy atom. The van der Waals surface area contributed by atoms with Crippen LogP contribution in [-0.4, -0.2) is 24.5 Å². The minimum Gasteiger partial charge on any atom is -0.382 e. The lowest BCUT2D eigenvalue weighted by molar-refractivity contribution is 0.103. The van der Waals surface area contributed by atoms with Crippen LogP contribution in [0.3, 0.4) is 0 Å². The fraction of sp³-hybridized carbons (Fsp3) is 0.231. The van der Waals surface area contributed by atoms with Crippen molar-refractivity contribution in [3.8, 4) is 0 Å². The van der Waals surface area contributed by atoms with Crippen molar-refractivity contribution in [2.75, 3.05) is 29.5 Å². The van der Waals surface area contributed by atoms with Crippen LogP contribution >= 0.6 is 43.2 Å². The molecular formula is C13H14Br2N4OS. The number of nitrogens with zero attached hydrogens (tertiary/aromatic N) is 2. The zero-order chi connectivity index (χ0) is 15.6. The van der Waals surface area contributed by atoms with E-state index in [-0.39, 0.29) is 11.7 Å². The second-order valence-electron chi connectivity index (χ2n) is 4.30. The van der Waals surface area contributed by atoms with E-state index in [4.69, 9.17) is 5.73 Å². The molecule has 1 heterocycles. The van der Waals surface area contributed by atoms with Gasteiger partial charge in [0.05, 0.1) is 5.69 Å². The number of aromatic nitrogens is 1. The second-order valence-corrected chi connectivity index (χ2v) is 7.05. The van der Waals surface area contributed by atoms with Crippen LogP contribution in [0.1, 0.15) is 16.6 Å². The van der Waals surface area contributed by atoms with Crippen molar-refractivity contribution in [1.82, 2.24) is 4.98 Å². The molecule has 0 unspecified atom stereocenters. The summed E-state index contributed by atoms with van der Waals surface area (Å²) < 4.78 is 1.68. The van der Waals surface area contributed by atoms with Crippen LogP contribution in [0.2, 0.25) is 0 Å². The first kappa shape index (κ1) is 16.3. The smallest absolute Gasteiger partial charge is 0.269 e. The number of nitrogens with two attached hydrogens (primary N) is 1. The Labute approximate surface area is 143 Å². The van der Waals surface area contributed by atoms with Gasteiger partial charge in [-0.05, 0) is 41.1 Å². The number of carbonyl (C=O) groups excluding carboxylic acids is 1. The summed E-state index contributed by atoms with van der Waals surface area (Å²) in [5, 5.41) is 3.56. The van der Waals surface area contributed by atoms with Crippen LogP contribution in [0, 0.1) is 0 Å². The number of hydrogen-bond donors (Lipinski definition) is 2. The number of benzene rings is 1. The molecule has 5 nitrogen and oxygen atoms in total. The molecule has 0 saturated heterocycles. The molecule has 0 fully saturated rings. The van der Waals surface area contributed by atoms with E-state index in [1.165, 1.54) is 11.3 Å². The van der Waals surface area contributed by atoms with Crippen molar-refractivity contribution in [1.29, 1.82) is 0 Å². The maximum Gasteiger partial charge on any atom is 0.269 e. The average molecular weight is 434 g/mol. The highest BCUT2D eigenvalue weighted by molar-refractivity contribution is 9.11. The van der Waals surface area contributed by atoms with Gasteiger partial charge in [0.25, 0.3) is 5.91 Å². The zero-order valence-electron chi connectivity index (χ0n) is 11.5. The van der Waals surface area contributed by atoms with E-state index in [1.807, 2.05) is 37.1 Å². The lowest BCUT2D eigenvalue weighted by atomic mass is 10.3. The number of amides is 1. The molecule has 1 aromatic heterocycles. The molecular weight excluding hydrogens is 420 g/mol. The number of thiazole rings is 1. The van der Waals surface area contributed by atoms with E-state index >= 15 is 0 Å². The van der Waals surface area contributed by atoms with E-state index in [0.717, 1.165) is 20.6 Å². The molecule has 2 aromatic rings. The van der Waals surface area contributed by atoms with E-state index < -0.39 is 0 Å². The molecule has 0 atom stereocenters. The van der Waals surface area contributed by atoms with Crippen molar-refractivity contribution in [2.45, 2.75) is 6.92 Å². The average Bonchev–Trinajstić information content (AvgIpc) is 2.84. The Hall–Kier alpha value is -1.12. The molecule has 1 aromatic carbocycles. The number of anilines is 3. The number of nitrogens with one attached hydrogen (secondary N) is 1. The SMILES string of the molecule is CCN(C)c1nc(N)c(C(=O)Nc2cc(Br)ccc2Br)s1. The highest BCUT2D eigenvalue weighted by atomic mass is 79.9. The topological polar surface area (TPSA) is 71.2 Å². The van der Waals surface area contributed by atoms with Gasteiger partial charge in [0.15, 0.2) is 5.13 Å². The van der Waals surface area contributed by atoms with Crippen molar-refractivity contribution >= 4 is 65.7 Å². The Kier molecular flexibility index (Phi) is 5.23. The minimum absolute atomic E-state index is 0.249. The van der Waals surface area contributed by atoms with Crippen LogP contribution in [0.25, 0.3) is 0 Å². The first-order valence-electron chi connectivity index (χ1n) is 6.16. The molecule has 0 aliphatic carbocycles. The van der Waals surface area contributed by atoms with Gasteiger partial charge in [0.1, 0.15) is 10.7 Å². The predicted octanol–water partition coefficient (Wildman–Crippen LogP) is 3.96. The van der Waals surface area contributed by atoms with Crippen molar-refractivity contribution in [3.05, 3.63) is 32.0 Å². The molecule has 0 bridgehead atoms. The normalized spacial score (nSPS) is 10.5. The van der Waals surface area contributed by atoms with Gasteiger partial charge in [-0.25, -0.2) is 4.98 Å². The Bertz CT molecular complexity index is 674. The largest absolute Gasteiger partial charge is 0.382 e. The zero-order valence-corrected chi connectivity index (χ0v) is 15.5. The van der Waals surface area contributed by atoms with Crippen LogP contribution in [0.5, 0.6) is 0 Å². The van der Waals surface area contributed by atoms with Gasteiger partial charge in [-0.2, -0.15) is 0 Å². The van der Waals surface area contributed by atoms with Crippen molar-refractivity contribution < 1.29 is 4.79 Å². The second kappa shape index (κ2) is 6.76. The Morgan fingerprint density at radius 2 is 2.19 bits per heavy atom. The van der Waals surface area contributed by atoms with Gasteiger partial charge >= 0.3 is 0 Å². The Balaban J connectivity index is 2.24. The molecule has 0 spiro atoms. The van der Waals surface area contributed by atoms with Gasteiger partial charge in [-0.15, -0.1) is 0 Å². The molecule has 1 amide bonds. The van der Waals surface area contributed by atoms with E-state index in [2.05, 4.69) is 42.2 Å². The lowest BCUT2D eigenvalue weighted by Crippen LogP contribution is -2.15. The highest BCUT2D eigenvalue weighted by Gasteiger charge is 2.18. The van der Waals surface area contributed by atoms with Gasteiger partial charge in [0.2, 0.25) is 0 Å². The summed E-state index contributed by atoms with van der Waals surface area (Å²) in [5.74, 6) is -0.0153. The molecule has 3 N–H and O–H groups in total. The van der Waals surface area contributed by atoms with Crippen LogP contribution < -0.4 is 16.0 Å². The molecule has 0 radical (unpaired) electrons. The standard InChI is InChI=1S/C13H14Br2N4OS/c1-3-19(2)13-18-11(16)10(21-13)12(20)17-9-6-7(14)4-5-8(9)15/h4-6H,3,16H2,1-2H3,(H,17,20). The quantitative estimate of drug-likeness (QED) is 0.765. The first-order chi connectivity index (χ1) is 9.92. The fourth-order valence-electron chi connectivity index (χ4n) is 1.55. The predicted molar refractivity (Wildman–Crippen MR) is 95.3 cm³/mol. The summed E-state index contributed by atoms with van der Waals surface area (Å²) in [4.78, 5) is 18.9. The van der Waals surface area contributed by atoms with Gasteiger partial charge in [0, 0.05) is 22.5 Å². The summed E-state index contributed by atoms with van der Waals surface area (Å²) in [7, 11) is 1.91. The first-order valence-corrected chi connectivity index (χ1v) is 8.56. The monoisotopic (exact) mass is 432 g/mol. The van der Waals surface area contributed by atoms with E-state index in [0.29, 0.717) is 10.6 Å². The molecule has 112 valence electrons. The fourth-order valence-corrected chi connectivity index (χ4v) is 3.17. The highest BCUT2D eigenvalue weighted by Crippen LogP contribution is 2.30. The molecule has 0 saturated carbocycles. The van der Waals surface area contributed by atoms with Crippen molar-refractivity contribution in [3.63, 3.8) is 0 Å². The summed E-state index contributed by atoms with van der Waals surface area (Å²) in [5.41, 5.74) is 6.52. The number of hydrogen-bond acceptors (Lipinski definition) is 5. The summed E-state index contributed by atoms with van der Waals surface area (Å²) in [6.45, 7) is 2.81. The van der Waals surface area contributed by atoms with Crippen molar-refractivity contribution in [2.24, 2.45) is 0 Å². The molecule has 21 heavy (non-hydrogen) atoms. The lowest BCUT2D eigenvalue weighted by Gasteiger charge is -2.11. The molecule has 8 heteroatoms. The van der Waals surface area contributed by atoms with Gasteiger partial charge < -0.3 is 16.0 Å². The Morgan fingerprint density at radius 3 is 2.86 bits per heavy atom. The van der Waals surface area contributed by atoms with Gasteiger partial charge in [-0.3, -0.25) is 4.79 Å². The van der Waals surface area contributed by atoms with Crippen LogP contribution in [0.15, 0.2) is 27.1 Å². The van der Waals surface area contributed by atoms with Crippen LogP contribution in [0.4, 0.5) is 16.6 Å². The molecule has 2 rings (SSSR count). The third-order valence-corrected chi connectivity index (χ3v) is 5.19. The number of rotatable bonds is 4. The van der Waals surface area contributed by atoms with Crippen LogP contribution in [-0.2, 0) is 0 Å². The summed E-state index contributed by atoms with van der Waals surface area (Å²) in [6, 6.07) is 5.55. The van der Waals surface area contributed by atoms with E-state index in [1.54, 1.807) is 0 Å². The third kappa shape index (κ3) is 3.75. The van der Waals surface area contributed by atoms with E-state index in [9.17, 15) is 4.79 Å². The third-order valence-electron chi connectivity index (χ3n) is 2.83. The van der Waals surface area contributed by atoms with Gasteiger partial charge in [-0.1, -0.05) is 27.3 Å².